The summed E-state index contributed by atoms with van der Waals surface area (Å²) in [6.07, 6.45) is 0.388. The van der Waals surface area contributed by atoms with Crippen LogP contribution in [-0.2, 0) is 10.0 Å². The van der Waals surface area contributed by atoms with Crippen LogP contribution in [0.5, 0.6) is 11.5 Å². The zero-order valence-electron chi connectivity index (χ0n) is 11.4. The highest BCUT2D eigenvalue weighted by molar-refractivity contribution is 7.92. The lowest BCUT2D eigenvalue weighted by Gasteiger charge is -2.04. The molecule has 0 atom stereocenters. The van der Waals surface area contributed by atoms with Gasteiger partial charge in [0.15, 0.2) is 5.76 Å². The molecular weight excluding hydrogens is 353 g/mol. The van der Waals surface area contributed by atoms with Crippen LogP contribution in [0.4, 0.5) is 5.88 Å². The molecule has 1 aromatic heterocycles. The Hall–Kier alpha value is -1.57. The minimum Gasteiger partial charge on any atom is -0.502 e. The SMILES string of the molecule is CCCS(=O)(=O)Nc1oc(-c2ccc(Cl)cc2Cl)c(O)c1O. The Morgan fingerprint density at radius 3 is 2.50 bits per heavy atom. The highest BCUT2D eigenvalue weighted by Gasteiger charge is 2.25. The first-order chi connectivity index (χ1) is 10.2. The summed E-state index contributed by atoms with van der Waals surface area (Å²) in [7, 11) is -3.68. The maximum Gasteiger partial charge on any atom is 0.253 e. The third-order valence-electron chi connectivity index (χ3n) is 2.76. The molecule has 0 saturated carbocycles. The summed E-state index contributed by atoms with van der Waals surface area (Å²) in [5, 5.41) is 20.3. The number of nitrogens with one attached hydrogen (secondary N) is 1. The molecule has 0 aliphatic rings. The van der Waals surface area contributed by atoms with E-state index in [9.17, 15) is 18.6 Å². The number of rotatable bonds is 5. The lowest BCUT2D eigenvalue weighted by molar-refractivity contribution is 0.410. The molecule has 0 unspecified atom stereocenters. The molecule has 2 aromatic rings. The number of hydrogen-bond donors (Lipinski definition) is 3. The van der Waals surface area contributed by atoms with E-state index < -0.39 is 27.4 Å². The van der Waals surface area contributed by atoms with Gasteiger partial charge >= 0.3 is 0 Å². The van der Waals surface area contributed by atoms with Gasteiger partial charge in [0.2, 0.25) is 21.5 Å². The second kappa shape index (κ2) is 6.28. The van der Waals surface area contributed by atoms with Crippen molar-refractivity contribution in [2.75, 3.05) is 10.5 Å². The Morgan fingerprint density at radius 1 is 1.23 bits per heavy atom. The number of anilines is 1. The van der Waals surface area contributed by atoms with Crippen LogP contribution in [0.3, 0.4) is 0 Å². The van der Waals surface area contributed by atoms with Crippen LogP contribution in [0.15, 0.2) is 22.6 Å². The standard InChI is InChI=1S/C13H13Cl2NO5S/c1-2-5-22(19,20)16-13-11(18)10(17)12(21-13)8-4-3-7(14)6-9(8)15/h3-4,6,16-18H,2,5H2,1H3. The number of benzene rings is 1. The summed E-state index contributed by atoms with van der Waals surface area (Å²) < 4.78 is 30.7. The summed E-state index contributed by atoms with van der Waals surface area (Å²) in [6.45, 7) is 1.69. The van der Waals surface area contributed by atoms with Crippen molar-refractivity contribution in [1.29, 1.82) is 0 Å². The van der Waals surface area contributed by atoms with Crippen LogP contribution >= 0.6 is 23.2 Å². The largest absolute Gasteiger partial charge is 0.502 e. The van der Waals surface area contributed by atoms with E-state index in [-0.39, 0.29) is 22.1 Å². The third-order valence-corrected chi connectivity index (χ3v) is 4.75. The van der Waals surface area contributed by atoms with Gasteiger partial charge in [-0.2, -0.15) is 0 Å². The molecule has 120 valence electrons. The lowest BCUT2D eigenvalue weighted by atomic mass is 10.1. The van der Waals surface area contributed by atoms with Gasteiger partial charge in [-0.25, -0.2) is 13.1 Å². The maximum absolute atomic E-state index is 11.7. The Labute approximate surface area is 137 Å². The number of sulfonamides is 1. The fourth-order valence-corrected chi connectivity index (χ4v) is 3.35. The summed E-state index contributed by atoms with van der Waals surface area (Å²) in [4.78, 5) is 0. The van der Waals surface area contributed by atoms with Crippen LogP contribution in [0, 0.1) is 0 Å². The smallest absolute Gasteiger partial charge is 0.253 e. The van der Waals surface area contributed by atoms with Crippen LogP contribution in [0.25, 0.3) is 11.3 Å². The van der Waals surface area contributed by atoms with E-state index in [0.717, 1.165) is 0 Å². The zero-order chi connectivity index (χ0) is 16.5. The molecule has 0 saturated heterocycles. The topological polar surface area (TPSA) is 99.8 Å². The summed E-state index contributed by atoms with van der Waals surface area (Å²) in [5.74, 6) is -2.09. The minimum absolute atomic E-state index is 0.148. The van der Waals surface area contributed by atoms with Gasteiger partial charge in [-0.3, -0.25) is 0 Å². The highest BCUT2D eigenvalue weighted by atomic mass is 35.5. The minimum atomic E-state index is -3.68. The van der Waals surface area contributed by atoms with E-state index in [1.165, 1.54) is 18.2 Å². The zero-order valence-corrected chi connectivity index (χ0v) is 13.8. The average Bonchev–Trinajstić information content (AvgIpc) is 2.67. The van der Waals surface area contributed by atoms with Crippen LogP contribution in [0.2, 0.25) is 10.0 Å². The molecule has 3 N–H and O–H groups in total. The number of aromatic hydroxyl groups is 2. The third kappa shape index (κ3) is 3.43. The van der Waals surface area contributed by atoms with Gasteiger partial charge in [0.05, 0.1) is 10.8 Å². The van der Waals surface area contributed by atoms with Gasteiger partial charge in [-0.15, -0.1) is 0 Å². The van der Waals surface area contributed by atoms with Crippen LogP contribution in [0.1, 0.15) is 13.3 Å². The van der Waals surface area contributed by atoms with E-state index in [2.05, 4.69) is 4.72 Å². The predicted octanol–water partition coefficient (Wildman–Crippen LogP) is 3.82. The highest BCUT2D eigenvalue weighted by Crippen LogP contribution is 2.47. The van der Waals surface area contributed by atoms with Gasteiger partial charge in [-0.1, -0.05) is 30.1 Å². The number of furan rings is 1. The first-order valence-electron chi connectivity index (χ1n) is 6.25. The second-order valence-corrected chi connectivity index (χ2v) is 7.19. The summed E-state index contributed by atoms with van der Waals surface area (Å²) in [5.41, 5.74) is 0.264. The van der Waals surface area contributed by atoms with Crippen molar-refractivity contribution in [2.45, 2.75) is 13.3 Å². The van der Waals surface area contributed by atoms with E-state index in [0.29, 0.717) is 11.4 Å². The first kappa shape index (κ1) is 16.8. The molecular formula is C13H13Cl2NO5S. The molecule has 1 aromatic carbocycles. The van der Waals surface area contributed by atoms with Crippen molar-refractivity contribution in [2.24, 2.45) is 0 Å². The number of hydrogen-bond acceptors (Lipinski definition) is 5. The van der Waals surface area contributed by atoms with Crippen molar-refractivity contribution in [3.63, 3.8) is 0 Å². The Balaban J connectivity index is 2.46. The van der Waals surface area contributed by atoms with E-state index in [1.54, 1.807) is 6.92 Å². The van der Waals surface area contributed by atoms with Crippen LogP contribution < -0.4 is 4.72 Å². The van der Waals surface area contributed by atoms with Crippen molar-refractivity contribution >= 4 is 39.1 Å². The number of halogens is 2. The molecule has 6 nitrogen and oxygen atoms in total. The molecule has 0 radical (unpaired) electrons. The molecule has 0 aliphatic carbocycles. The second-order valence-electron chi connectivity index (χ2n) is 4.50. The Bertz CT molecular complexity index is 801. The molecule has 0 aliphatic heterocycles. The fraction of sp³-hybridized carbons (Fsp3) is 0.231. The monoisotopic (exact) mass is 365 g/mol. The molecule has 0 amide bonds. The molecule has 0 spiro atoms. The molecule has 1 heterocycles. The van der Waals surface area contributed by atoms with E-state index in [4.69, 9.17) is 27.6 Å². The summed E-state index contributed by atoms with van der Waals surface area (Å²) in [6, 6.07) is 4.42. The van der Waals surface area contributed by atoms with Crippen molar-refractivity contribution in [3.8, 4) is 22.8 Å². The normalized spacial score (nSPS) is 11.6. The Morgan fingerprint density at radius 2 is 1.91 bits per heavy atom. The maximum atomic E-state index is 11.7. The van der Waals surface area contributed by atoms with Crippen molar-refractivity contribution in [3.05, 3.63) is 28.2 Å². The molecule has 0 bridgehead atoms. The average molecular weight is 366 g/mol. The van der Waals surface area contributed by atoms with Gasteiger partial charge in [-0.05, 0) is 24.6 Å². The quantitative estimate of drug-likeness (QED) is 0.747. The van der Waals surface area contributed by atoms with E-state index in [1.807, 2.05) is 0 Å². The van der Waals surface area contributed by atoms with Crippen molar-refractivity contribution < 1.29 is 23.0 Å². The molecule has 22 heavy (non-hydrogen) atoms. The van der Waals surface area contributed by atoms with Crippen LogP contribution in [-0.4, -0.2) is 24.4 Å². The fourth-order valence-electron chi connectivity index (χ4n) is 1.80. The first-order valence-corrected chi connectivity index (χ1v) is 8.66. The molecule has 2 rings (SSSR count). The summed E-state index contributed by atoms with van der Waals surface area (Å²) >= 11 is 11.8. The van der Waals surface area contributed by atoms with Gasteiger partial charge in [0.25, 0.3) is 5.88 Å². The predicted molar refractivity (Wildman–Crippen MR) is 85.2 cm³/mol. The van der Waals surface area contributed by atoms with Gasteiger partial charge < -0.3 is 14.6 Å². The van der Waals surface area contributed by atoms with Gasteiger partial charge in [0.1, 0.15) is 0 Å². The van der Waals surface area contributed by atoms with Crippen molar-refractivity contribution in [1.82, 2.24) is 0 Å². The molecule has 9 heteroatoms. The van der Waals surface area contributed by atoms with Gasteiger partial charge in [0, 0.05) is 10.6 Å². The van der Waals surface area contributed by atoms with E-state index >= 15 is 0 Å². The Kier molecular flexibility index (Phi) is 4.79. The lowest BCUT2D eigenvalue weighted by Crippen LogP contribution is -2.15. The molecule has 0 fully saturated rings.